The number of amides is 1. The number of nitrogens with zero attached hydrogens (tertiary/aromatic N) is 1. The summed E-state index contributed by atoms with van der Waals surface area (Å²) in [6, 6.07) is -0.861. The van der Waals surface area contributed by atoms with E-state index in [0.717, 1.165) is 122 Å². The first-order chi connectivity index (χ1) is 43.4. The van der Waals surface area contributed by atoms with Gasteiger partial charge < -0.3 is 19.4 Å². The van der Waals surface area contributed by atoms with Gasteiger partial charge in [0.05, 0.1) is 33.8 Å². The number of hydrogen-bond donors (Lipinski definition) is 2. The highest BCUT2D eigenvalue weighted by Gasteiger charge is 2.30. The van der Waals surface area contributed by atoms with E-state index in [0.29, 0.717) is 17.4 Å². The third kappa shape index (κ3) is 69.4. The Morgan fingerprint density at radius 1 is 0.404 bits per heavy atom. The van der Waals surface area contributed by atoms with Crippen LogP contribution in [0.3, 0.4) is 0 Å². The van der Waals surface area contributed by atoms with Crippen molar-refractivity contribution in [2.45, 2.75) is 367 Å². The van der Waals surface area contributed by atoms with Crippen molar-refractivity contribution in [2.75, 3.05) is 40.9 Å². The Bertz CT molecular complexity index is 1800. The summed E-state index contributed by atoms with van der Waals surface area (Å²) in [5, 5.41) is 3.07. The third-order valence-corrected chi connectivity index (χ3v) is 17.8. The minimum Gasteiger partial charge on any atom is -0.456 e. The molecular formula is C79H146N2O7P+. The molecule has 3 unspecified atom stereocenters. The highest BCUT2D eigenvalue weighted by molar-refractivity contribution is 7.47. The molecule has 0 fully saturated rings. The van der Waals surface area contributed by atoms with Gasteiger partial charge in [0.2, 0.25) is 5.91 Å². The lowest BCUT2D eigenvalue weighted by molar-refractivity contribution is -0.870. The molecule has 0 heterocycles. The van der Waals surface area contributed by atoms with Gasteiger partial charge in [0.1, 0.15) is 19.3 Å². The number of carbonyl (C=O) groups is 2. The summed E-state index contributed by atoms with van der Waals surface area (Å²) in [4.78, 5) is 38.0. The number of hydrogen-bond acceptors (Lipinski definition) is 6. The zero-order valence-corrected chi connectivity index (χ0v) is 60.3. The number of likely N-dealkylation sites (N-methyl/N-ethyl adjacent to an activating group) is 1. The number of nitrogens with one attached hydrogen (secondary N) is 1. The zero-order chi connectivity index (χ0) is 64.9. The van der Waals surface area contributed by atoms with Gasteiger partial charge in [-0.25, -0.2) is 4.57 Å². The van der Waals surface area contributed by atoms with E-state index in [-0.39, 0.29) is 31.5 Å². The van der Waals surface area contributed by atoms with E-state index in [2.05, 4.69) is 99.0 Å². The Hall–Kier alpha value is -2.81. The summed E-state index contributed by atoms with van der Waals surface area (Å²) in [5.74, 6) is -0.509. The second-order valence-corrected chi connectivity index (χ2v) is 28.3. The molecule has 0 spiro atoms. The van der Waals surface area contributed by atoms with Gasteiger partial charge in [0.15, 0.2) is 0 Å². The van der Waals surface area contributed by atoms with E-state index in [1.807, 2.05) is 33.3 Å². The molecule has 0 aromatic heterocycles. The lowest BCUT2D eigenvalue weighted by atomic mass is 10.0. The van der Waals surface area contributed by atoms with Crippen LogP contribution in [0.5, 0.6) is 0 Å². The Kier molecular flexibility index (Phi) is 65.9. The zero-order valence-electron chi connectivity index (χ0n) is 59.4. The molecule has 0 bridgehead atoms. The number of unbranched alkanes of at least 4 members (excludes halogenated alkanes) is 41. The van der Waals surface area contributed by atoms with Crippen molar-refractivity contribution < 1.29 is 37.3 Å². The van der Waals surface area contributed by atoms with Crippen LogP contribution in [0.25, 0.3) is 0 Å². The van der Waals surface area contributed by atoms with Gasteiger partial charge in [-0.05, 0) is 83.1 Å². The number of allylic oxidation sites excluding steroid dienone is 13. The highest BCUT2D eigenvalue weighted by Crippen LogP contribution is 2.43. The molecule has 0 saturated heterocycles. The summed E-state index contributed by atoms with van der Waals surface area (Å²) in [5.41, 5.74) is 0. The Labute approximate surface area is 552 Å². The molecule has 0 saturated carbocycles. The quantitative estimate of drug-likeness (QED) is 0.0205. The number of rotatable bonds is 69. The maximum atomic E-state index is 13.6. The van der Waals surface area contributed by atoms with Crippen molar-refractivity contribution in [3.63, 3.8) is 0 Å². The maximum Gasteiger partial charge on any atom is 0.472 e. The first-order valence-electron chi connectivity index (χ1n) is 37.9. The molecule has 3 atom stereocenters. The van der Waals surface area contributed by atoms with Crippen molar-refractivity contribution in [1.82, 2.24) is 5.32 Å². The van der Waals surface area contributed by atoms with Gasteiger partial charge in [0.25, 0.3) is 0 Å². The van der Waals surface area contributed by atoms with Crippen LogP contribution in [0.4, 0.5) is 0 Å². The van der Waals surface area contributed by atoms with E-state index in [1.54, 1.807) is 0 Å². The van der Waals surface area contributed by atoms with Gasteiger partial charge in [-0.1, -0.05) is 344 Å². The third-order valence-electron chi connectivity index (χ3n) is 16.8. The first-order valence-corrected chi connectivity index (χ1v) is 39.4. The average Bonchev–Trinajstić information content (AvgIpc) is 3.67. The van der Waals surface area contributed by atoms with Crippen LogP contribution in [0.15, 0.2) is 85.1 Å². The summed E-state index contributed by atoms with van der Waals surface area (Å²) < 4.78 is 30.9. The fourth-order valence-electron chi connectivity index (χ4n) is 11.1. The molecule has 1 amide bonds. The van der Waals surface area contributed by atoms with Gasteiger partial charge in [-0.15, -0.1) is 0 Å². The number of ether oxygens (including phenoxy) is 1. The van der Waals surface area contributed by atoms with Gasteiger partial charge in [-0.2, -0.15) is 0 Å². The molecule has 10 heteroatoms. The van der Waals surface area contributed by atoms with Crippen molar-refractivity contribution in [2.24, 2.45) is 0 Å². The first kappa shape index (κ1) is 86.2. The Morgan fingerprint density at radius 2 is 0.719 bits per heavy atom. The van der Waals surface area contributed by atoms with E-state index >= 15 is 0 Å². The van der Waals surface area contributed by atoms with Gasteiger partial charge in [0, 0.05) is 12.8 Å². The fourth-order valence-corrected chi connectivity index (χ4v) is 11.8. The predicted octanol–water partition coefficient (Wildman–Crippen LogP) is 24.5. The predicted molar refractivity (Wildman–Crippen MR) is 388 cm³/mol. The molecule has 0 aliphatic rings. The molecule has 518 valence electrons. The molecule has 0 aliphatic carbocycles. The number of phosphoric acid groups is 1. The molecule has 0 aliphatic heterocycles. The number of esters is 1. The number of phosphoric ester groups is 1. The van der Waals surface area contributed by atoms with Crippen LogP contribution in [0.2, 0.25) is 0 Å². The molecule has 0 aromatic rings. The lowest BCUT2D eigenvalue weighted by Crippen LogP contribution is -2.47. The van der Waals surface area contributed by atoms with Crippen LogP contribution < -0.4 is 5.32 Å². The molecule has 0 aromatic carbocycles. The smallest absolute Gasteiger partial charge is 0.456 e. The lowest BCUT2D eigenvalue weighted by Gasteiger charge is -2.27. The van der Waals surface area contributed by atoms with Gasteiger partial charge >= 0.3 is 13.8 Å². The SMILES string of the molecule is CC/C=C\C/C=C\C/C=C\C/C=C\C/C=C\C/C=C\CCCCCCCCC(=O)NC(COP(=O)(O)OCC[N+](C)(C)C)C(/C=C/CCCCCCCCCCCCC)OC(=O)CCCCCCCCCCCCCCCCCCCCCCCCCCC. The van der Waals surface area contributed by atoms with Gasteiger partial charge in [-0.3, -0.25) is 18.6 Å². The Morgan fingerprint density at radius 3 is 1.08 bits per heavy atom. The largest absolute Gasteiger partial charge is 0.472 e. The normalized spacial score (nSPS) is 13.9. The fraction of sp³-hybridized carbons (Fsp3) is 0.797. The molecular weight excluding hydrogens is 1120 g/mol. The molecule has 0 radical (unpaired) electrons. The van der Waals surface area contributed by atoms with Crippen LogP contribution >= 0.6 is 7.82 Å². The monoisotopic (exact) mass is 1270 g/mol. The second kappa shape index (κ2) is 68.1. The van der Waals surface area contributed by atoms with Crippen molar-refractivity contribution in [1.29, 1.82) is 0 Å². The van der Waals surface area contributed by atoms with E-state index in [4.69, 9.17) is 13.8 Å². The molecule has 9 nitrogen and oxygen atoms in total. The Balaban J connectivity index is 5.06. The van der Waals surface area contributed by atoms with Crippen molar-refractivity contribution in [3.8, 4) is 0 Å². The maximum absolute atomic E-state index is 13.6. The van der Waals surface area contributed by atoms with E-state index < -0.39 is 20.0 Å². The van der Waals surface area contributed by atoms with E-state index in [9.17, 15) is 19.0 Å². The summed E-state index contributed by atoms with van der Waals surface area (Å²) in [7, 11) is 1.49. The van der Waals surface area contributed by atoms with Crippen LogP contribution in [0.1, 0.15) is 355 Å². The summed E-state index contributed by atoms with van der Waals surface area (Å²) in [6.45, 7) is 6.94. The van der Waals surface area contributed by atoms with Crippen LogP contribution in [-0.2, 0) is 27.9 Å². The van der Waals surface area contributed by atoms with Crippen LogP contribution in [-0.4, -0.2) is 74.3 Å². The molecule has 2 N–H and O–H groups in total. The topological polar surface area (TPSA) is 111 Å². The number of carbonyl (C=O) groups excluding carboxylic acids is 2. The average molecular weight is 1270 g/mol. The van der Waals surface area contributed by atoms with Crippen molar-refractivity contribution in [3.05, 3.63) is 85.1 Å². The molecule has 0 rings (SSSR count). The standard InChI is InChI=1S/C79H145N2O7P/c1-7-10-13-16-19-22-25-28-30-32-34-36-38-40-42-44-46-48-50-53-56-59-62-65-68-71-78(82)80-76(75-87-89(84,85)86-74-73-81(4,5)6)77(70-67-64-61-58-55-52-27-24-21-18-15-12-9-3)88-79(83)72-69-66-63-60-57-54-51-49-47-45-43-41-39-37-35-33-31-29-26-23-20-17-14-11-8-2/h10,13,19,22,28,30,34,36,40,42,46,48,67,70,76-77H,7-9,11-12,14-18,20-21,23-27,29,31-33,35,37-39,41,43-45,47,49-66,68-69,71-75H2,1-6H3,(H-,80,82,84,85)/p+1/b13-10-,22-19-,30-28-,36-34-,42-40-,48-46-,70-67+. The van der Waals surface area contributed by atoms with E-state index in [1.165, 1.54) is 199 Å². The number of quaternary nitrogens is 1. The summed E-state index contributed by atoms with van der Waals surface area (Å²) in [6.07, 6.45) is 91.8. The minimum absolute atomic E-state index is 0.0354. The molecule has 89 heavy (non-hydrogen) atoms. The van der Waals surface area contributed by atoms with Crippen LogP contribution in [0, 0.1) is 0 Å². The summed E-state index contributed by atoms with van der Waals surface area (Å²) >= 11 is 0. The minimum atomic E-state index is -4.47. The highest BCUT2D eigenvalue weighted by atomic mass is 31.2. The second-order valence-electron chi connectivity index (χ2n) is 26.8. The van der Waals surface area contributed by atoms with Crippen molar-refractivity contribution >= 4 is 19.7 Å².